The van der Waals surface area contributed by atoms with Crippen molar-refractivity contribution >= 4 is 23.7 Å². The van der Waals surface area contributed by atoms with Crippen molar-refractivity contribution in [1.29, 1.82) is 0 Å². The van der Waals surface area contributed by atoms with Crippen LogP contribution in [-0.2, 0) is 33.4 Å². The normalized spacial score (nSPS) is 34.4. The number of aliphatic carboxylic acids is 1. The molecule has 0 aromatic carbocycles. The monoisotopic (exact) mass is 519 g/mol. The van der Waals surface area contributed by atoms with Crippen molar-refractivity contribution in [3.63, 3.8) is 0 Å². The zero-order valence-electron chi connectivity index (χ0n) is 21.6. The van der Waals surface area contributed by atoms with Crippen LogP contribution in [0.3, 0.4) is 0 Å². The molecule has 11 heteroatoms. The summed E-state index contributed by atoms with van der Waals surface area (Å²) >= 11 is 0. The van der Waals surface area contributed by atoms with Crippen LogP contribution in [0.5, 0.6) is 0 Å². The van der Waals surface area contributed by atoms with Crippen molar-refractivity contribution in [3.05, 3.63) is 33.7 Å². The minimum absolute atomic E-state index is 0.00362. The van der Waals surface area contributed by atoms with Crippen molar-refractivity contribution in [2.75, 3.05) is 33.9 Å². The van der Waals surface area contributed by atoms with Gasteiger partial charge in [0.25, 0.3) is 0 Å². The zero-order valence-corrected chi connectivity index (χ0v) is 21.6. The van der Waals surface area contributed by atoms with E-state index in [1.165, 1.54) is 26.0 Å². The molecule has 4 rings (SSSR count). The lowest BCUT2D eigenvalue weighted by atomic mass is 9.55. The smallest absolute Gasteiger partial charge is 0.340 e. The summed E-state index contributed by atoms with van der Waals surface area (Å²) in [6.07, 6.45) is -0.420. The fourth-order valence-corrected chi connectivity index (χ4v) is 6.70. The molecule has 4 aliphatic rings. The molecule has 1 saturated heterocycles. The van der Waals surface area contributed by atoms with Crippen LogP contribution in [0.2, 0.25) is 0 Å². The average Bonchev–Trinajstić information content (AvgIpc) is 3.09. The third-order valence-electron chi connectivity index (χ3n) is 8.37. The standard InChI is InChI=1S/C26H33NO10/c1-12(28)37-15-8-25(2)13(6-7-16(25)29)18-20(15)26(3)11-36-24(34)19(21(26)23(33)22(18)32)14(10-35-5)27(4)9-17(30)31/h13,15-16,29,33H,6-11H2,1-5H3,(H,30,31). The van der Waals surface area contributed by atoms with Gasteiger partial charge in [-0.1, -0.05) is 6.92 Å². The summed E-state index contributed by atoms with van der Waals surface area (Å²) in [6.45, 7) is 3.92. The summed E-state index contributed by atoms with van der Waals surface area (Å²) in [4.78, 5) is 51.9. The molecule has 0 bridgehead atoms. The van der Waals surface area contributed by atoms with Gasteiger partial charge in [-0.2, -0.15) is 0 Å². The van der Waals surface area contributed by atoms with Crippen LogP contribution < -0.4 is 0 Å². The lowest BCUT2D eigenvalue weighted by Gasteiger charge is -2.52. The number of carboxylic acid groups (broad SMARTS) is 1. The largest absolute Gasteiger partial charge is 0.504 e. The van der Waals surface area contributed by atoms with Gasteiger partial charge in [0.1, 0.15) is 19.3 Å². The van der Waals surface area contributed by atoms with Gasteiger partial charge in [-0.15, -0.1) is 0 Å². The van der Waals surface area contributed by atoms with Gasteiger partial charge in [0.05, 0.1) is 29.4 Å². The highest BCUT2D eigenvalue weighted by molar-refractivity contribution is 6.13. The summed E-state index contributed by atoms with van der Waals surface area (Å²) in [6, 6.07) is 0. The second-order valence-corrected chi connectivity index (χ2v) is 10.7. The number of likely N-dealkylation sites (N-methyl/N-ethyl adjacent to an activating group) is 1. The molecule has 0 radical (unpaired) electrons. The van der Waals surface area contributed by atoms with Crippen LogP contribution in [0.15, 0.2) is 33.7 Å². The Morgan fingerprint density at radius 3 is 2.49 bits per heavy atom. The van der Waals surface area contributed by atoms with E-state index >= 15 is 0 Å². The summed E-state index contributed by atoms with van der Waals surface area (Å²) < 4.78 is 16.5. The number of rotatable bonds is 6. The number of hydrogen-bond acceptors (Lipinski definition) is 10. The number of ketones is 1. The number of carbonyl (C=O) groups excluding carboxylic acids is 3. The molecule has 2 fully saturated rings. The number of Topliss-reactive ketones (excluding diaryl/α,β-unsaturated/α-hetero) is 1. The SMILES string of the molecule is COCC(=C1C(=O)OCC2(C)C1=C(O)C(=O)C1=C2C(OC(C)=O)CC2(C)C(O)CCC12)N(C)CC(=O)O. The van der Waals surface area contributed by atoms with Crippen molar-refractivity contribution in [2.24, 2.45) is 16.7 Å². The number of hydrogen-bond donors (Lipinski definition) is 3. The van der Waals surface area contributed by atoms with E-state index in [2.05, 4.69) is 0 Å². The Labute approximate surface area is 214 Å². The fourth-order valence-electron chi connectivity index (χ4n) is 6.70. The molecule has 1 heterocycles. The highest BCUT2D eigenvalue weighted by atomic mass is 16.5. The molecule has 1 saturated carbocycles. The van der Waals surface area contributed by atoms with E-state index in [4.69, 9.17) is 14.2 Å². The second-order valence-electron chi connectivity index (χ2n) is 10.7. The number of fused-ring (bicyclic) bond motifs is 4. The molecule has 11 nitrogen and oxygen atoms in total. The Balaban J connectivity index is 1.99. The number of esters is 2. The Morgan fingerprint density at radius 1 is 1.22 bits per heavy atom. The number of aliphatic hydroxyl groups excluding tert-OH is 2. The molecule has 5 atom stereocenters. The van der Waals surface area contributed by atoms with E-state index in [0.717, 1.165) is 0 Å². The highest BCUT2D eigenvalue weighted by Crippen LogP contribution is 2.62. The number of allylic oxidation sites excluding steroid dienone is 1. The third kappa shape index (κ3) is 4.04. The Morgan fingerprint density at radius 2 is 1.89 bits per heavy atom. The van der Waals surface area contributed by atoms with E-state index in [1.54, 1.807) is 6.92 Å². The molecule has 0 aromatic rings. The lowest BCUT2D eigenvalue weighted by molar-refractivity contribution is -0.152. The predicted molar refractivity (Wildman–Crippen MR) is 127 cm³/mol. The number of ether oxygens (including phenoxy) is 3. The van der Waals surface area contributed by atoms with Crippen molar-refractivity contribution in [2.45, 2.75) is 52.2 Å². The van der Waals surface area contributed by atoms with Gasteiger partial charge in [0.2, 0.25) is 5.78 Å². The first-order valence-corrected chi connectivity index (χ1v) is 12.2. The minimum Gasteiger partial charge on any atom is -0.504 e. The number of aliphatic hydroxyl groups is 2. The molecule has 0 amide bonds. The maximum Gasteiger partial charge on any atom is 0.340 e. The lowest BCUT2D eigenvalue weighted by Crippen LogP contribution is -2.53. The van der Waals surface area contributed by atoms with Gasteiger partial charge in [-0.25, -0.2) is 4.79 Å². The molecule has 1 aliphatic heterocycles. The number of carboxylic acids is 1. The summed E-state index contributed by atoms with van der Waals surface area (Å²) in [5.74, 6) is -4.30. The van der Waals surface area contributed by atoms with Crippen molar-refractivity contribution in [3.8, 4) is 0 Å². The van der Waals surface area contributed by atoms with E-state index < -0.39 is 65.0 Å². The molecule has 3 aliphatic carbocycles. The maximum atomic E-state index is 13.9. The van der Waals surface area contributed by atoms with Crippen LogP contribution in [0, 0.1) is 16.7 Å². The summed E-state index contributed by atoms with van der Waals surface area (Å²) in [7, 11) is 2.82. The molecular weight excluding hydrogens is 486 g/mol. The van der Waals surface area contributed by atoms with Gasteiger partial charge < -0.3 is 34.4 Å². The van der Waals surface area contributed by atoms with Gasteiger partial charge in [-0.05, 0) is 37.7 Å². The third-order valence-corrected chi connectivity index (χ3v) is 8.37. The number of cyclic esters (lactones) is 1. The van der Waals surface area contributed by atoms with Crippen LogP contribution in [0.25, 0.3) is 0 Å². The van der Waals surface area contributed by atoms with Crippen LogP contribution >= 0.6 is 0 Å². The molecule has 3 N–H and O–H groups in total. The first-order valence-electron chi connectivity index (χ1n) is 12.2. The molecule has 0 spiro atoms. The Hall–Kier alpha value is -3.18. The summed E-state index contributed by atoms with van der Waals surface area (Å²) in [5.41, 5.74) is -1.32. The first kappa shape index (κ1) is 26.9. The van der Waals surface area contributed by atoms with Crippen molar-refractivity contribution in [1.82, 2.24) is 4.90 Å². The highest BCUT2D eigenvalue weighted by Gasteiger charge is 2.62. The van der Waals surface area contributed by atoms with E-state index in [-0.39, 0.29) is 42.1 Å². The molecule has 0 aromatic heterocycles. The first-order chi connectivity index (χ1) is 17.3. The number of nitrogens with zero attached hydrogens (tertiary/aromatic N) is 1. The van der Waals surface area contributed by atoms with Crippen LogP contribution in [0.1, 0.15) is 40.0 Å². The average molecular weight is 520 g/mol. The van der Waals surface area contributed by atoms with Crippen molar-refractivity contribution < 1.29 is 48.7 Å². The van der Waals surface area contributed by atoms with Gasteiger partial charge in [0, 0.05) is 37.6 Å². The quantitative estimate of drug-likeness (QED) is 0.342. The minimum atomic E-state index is -1.26. The van der Waals surface area contributed by atoms with E-state index in [0.29, 0.717) is 18.4 Å². The predicted octanol–water partition coefficient (Wildman–Crippen LogP) is 1.27. The molecule has 5 unspecified atom stereocenters. The van der Waals surface area contributed by atoms with Crippen LogP contribution in [0.4, 0.5) is 0 Å². The van der Waals surface area contributed by atoms with E-state index in [9.17, 15) is 34.5 Å². The maximum absolute atomic E-state index is 13.9. The van der Waals surface area contributed by atoms with E-state index in [1.807, 2.05) is 6.92 Å². The Bertz CT molecular complexity index is 1170. The fraction of sp³-hybridized carbons (Fsp3) is 0.615. The van der Waals surface area contributed by atoms with Gasteiger partial charge in [0.15, 0.2) is 5.76 Å². The molecular formula is C26H33NO10. The Kier molecular flexibility index (Phi) is 6.74. The molecule has 202 valence electrons. The van der Waals surface area contributed by atoms with Gasteiger partial charge >= 0.3 is 17.9 Å². The topological polar surface area (TPSA) is 160 Å². The second kappa shape index (κ2) is 9.29. The number of carbonyl (C=O) groups is 4. The summed E-state index contributed by atoms with van der Waals surface area (Å²) in [5, 5.41) is 31.6. The van der Waals surface area contributed by atoms with Gasteiger partial charge in [-0.3, -0.25) is 14.4 Å². The molecule has 37 heavy (non-hydrogen) atoms. The van der Waals surface area contributed by atoms with Crippen LogP contribution in [-0.4, -0.2) is 90.0 Å². The number of methoxy groups -OCH3 is 1. The zero-order chi connectivity index (χ0) is 27.4.